The molecule has 1 aliphatic carbocycles. The Kier molecular flexibility index (Phi) is 5.48. The van der Waals surface area contributed by atoms with Crippen molar-refractivity contribution < 1.29 is 13.3 Å². The van der Waals surface area contributed by atoms with Crippen molar-refractivity contribution in [3.05, 3.63) is 63.2 Å². The lowest BCUT2D eigenvalue weighted by Crippen LogP contribution is -2.19. The maximum Gasteiger partial charge on any atom is 0.293 e. The summed E-state index contributed by atoms with van der Waals surface area (Å²) in [5, 5.41) is 14.6. The molecule has 0 saturated carbocycles. The van der Waals surface area contributed by atoms with E-state index in [0.29, 0.717) is 5.69 Å². The highest BCUT2D eigenvalue weighted by Crippen LogP contribution is 2.32. The van der Waals surface area contributed by atoms with E-state index in [2.05, 4.69) is 22.2 Å². The van der Waals surface area contributed by atoms with Crippen molar-refractivity contribution in [2.45, 2.75) is 43.5 Å². The number of hydrogen-bond acceptors (Lipinski definition) is 5. The largest absolute Gasteiger partial charge is 0.373 e. The van der Waals surface area contributed by atoms with Gasteiger partial charge in [0.2, 0.25) is 10.0 Å². The van der Waals surface area contributed by atoms with Crippen LogP contribution in [0.15, 0.2) is 41.3 Å². The number of anilines is 1. The first kappa shape index (κ1) is 19.3. The fraction of sp³-hybridized carbons (Fsp3) is 0.368. The zero-order valence-corrected chi connectivity index (χ0v) is 16.2. The topological polar surface area (TPSA) is 101 Å². The molecular weight excluding hydrogens is 366 g/mol. The van der Waals surface area contributed by atoms with Crippen LogP contribution < -0.4 is 10.0 Å². The molecule has 1 aliphatic rings. The molecule has 144 valence electrons. The van der Waals surface area contributed by atoms with Gasteiger partial charge < -0.3 is 5.32 Å². The van der Waals surface area contributed by atoms with Crippen LogP contribution in [0.4, 0.5) is 11.4 Å². The van der Waals surface area contributed by atoms with Crippen LogP contribution in [-0.4, -0.2) is 20.4 Å². The zero-order chi connectivity index (χ0) is 19.6. The smallest absolute Gasteiger partial charge is 0.293 e. The first-order chi connectivity index (χ1) is 12.8. The van der Waals surface area contributed by atoms with E-state index in [-0.39, 0.29) is 16.6 Å². The molecule has 0 fully saturated rings. The zero-order valence-electron chi connectivity index (χ0n) is 15.4. The third-order valence-corrected chi connectivity index (χ3v) is 6.40. The molecule has 2 aromatic rings. The lowest BCUT2D eigenvalue weighted by Gasteiger charge is -2.20. The van der Waals surface area contributed by atoms with Crippen LogP contribution in [0.5, 0.6) is 0 Å². The Labute approximate surface area is 159 Å². The van der Waals surface area contributed by atoms with Gasteiger partial charge in [-0.3, -0.25) is 10.1 Å². The van der Waals surface area contributed by atoms with Crippen molar-refractivity contribution in [2.24, 2.45) is 0 Å². The quantitative estimate of drug-likeness (QED) is 0.581. The van der Waals surface area contributed by atoms with Gasteiger partial charge in [0.1, 0.15) is 5.69 Å². The number of fused-ring (bicyclic) bond motifs is 1. The normalized spacial score (nSPS) is 15.0. The van der Waals surface area contributed by atoms with Crippen LogP contribution in [0, 0.1) is 10.1 Å². The molecule has 7 nitrogen and oxygen atoms in total. The van der Waals surface area contributed by atoms with E-state index >= 15 is 0 Å². The summed E-state index contributed by atoms with van der Waals surface area (Å²) in [6, 6.07) is 10.1. The van der Waals surface area contributed by atoms with Crippen LogP contribution in [0.25, 0.3) is 0 Å². The summed E-state index contributed by atoms with van der Waals surface area (Å²) in [5.74, 6) is 0. The number of hydrogen-bond donors (Lipinski definition) is 2. The number of nitro groups is 1. The summed E-state index contributed by atoms with van der Waals surface area (Å²) in [6.07, 6.45) is 4.57. The highest BCUT2D eigenvalue weighted by molar-refractivity contribution is 7.89. The van der Waals surface area contributed by atoms with Crippen molar-refractivity contribution in [2.75, 3.05) is 12.4 Å². The molecule has 0 bridgehead atoms. The van der Waals surface area contributed by atoms with Crippen molar-refractivity contribution in [1.82, 2.24) is 4.72 Å². The fourth-order valence-corrected chi connectivity index (χ4v) is 4.16. The van der Waals surface area contributed by atoms with Gasteiger partial charge in [0.05, 0.1) is 9.82 Å². The summed E-state index contributed by atoms with van der Waals surface area (Å²) in [6.45, 7) is 1.94. The van der Waals surface area contributed by atoms with E-state index in [1.54, 1.807) is 0 Å². The summed E-state index contributed by atoms with van der Waals surface area (Å²) in [5.41, 5.74) is 3.80. The van der Waals surface area contributed by atoms with E-state index < -0.39 is 14.9 Å². The van der Waals surface area contributed by atoms with Crippen molar-refractivity contribution in [1.29, 1.82) is 0 Å². The molecule has 2 aromatic carbocycles. The summed E-state index contributed by atoms with van der Waals surface area (Å²) >= 11 is 0. The van der Waals surface area contributed by atoms with Crippen molar-refractivity contribution in [3.63, 3.8) is 0 Å². The Morgan fingerprint density at radius 1 is 1.07 bits per heavy atom. The predicted octanol–water partition coefficient (Wildman–Crippen LogP) is 3.55. The predicted molar refractivity (Wildman–Crippen MR) is 104 cm³/mol. The van der Waals surface area contributed by atoms with Crippen LogP contribution in [0.3, 0.4) is 0 Å². The Morgan fingerprint density at radius 2 is 1.78 bits per heavy atom. The van der Waals surface area contributed by atoms with E-state index in [1.807, 2.05) is 13.0 Å². The second-order valence-electron chi connectivity index (χ2n) is 6.74. The number of sulfonamides is 1. The number of nitro benzene ring substituents is 1. The molecule has 27 heavy (non-hydrogen) atoms. The Hall–Kier alpha value is -2.45. The van der Waals surface area contributed by atoms with Gasteiger partial charge >= 0.3 is 0 Å². The molecule has 0 aliphatic heterocycles. The molecule has 0 amide bonds. The van der Waals surface area contributed by atoms with E-state index in [4.69, 9.17) is 0 Å². The number of nitrogens with one attached hydrogen (secondary N) is 2. The SMILES string of the molecule is CNS(=O)(=O)c1ccc(N[C@@H](C)c2ccc3c(c2)CCCC3)c([N+](=O)[O-])c1. The van der Waals surface area contributed by atoms with Gasteiger partial charge in [-0.15, -0.1) is 0 Å². The standard InChI is InChI=1S/C19H23N3O4S/c1-13(15-8-7-14-5-3-4-6-16(14)11-15)21-18-10-9-17(27(25,26)20-2)12-19(18)22(23)24/h7-13,20-21H,3-6H2,1-2H3/t13-/m0/s1. The fourth-order valence-electron chi connectivity index (χ4n) is 3.41. The molecule has 0 aromatic heterocycles. The average molecular weight is 389 g/mol. The highest BCUT2D eigenvalue weighted by atomic mass is 32.2. The lowest BCUT2D eigenvalue weighted by molar-refractivity contribution is -0.384. The Bertz CT molecular complexity index is 973. The van der Waals surface area contributed by atoms with Gasteiger partial charge in [-0.1, -0.05) is 18.2 Å². The molecule has 2 N–H and O–H groups in total. The van der Waals surface area contributed by atoms with E-state index in [9.17, 15) is 18.5 Å². The van der Waals surface area contributed by atoms with Crippen molar-refractivity contribution >= 4 is 21.4 Å². The number of aryl methyl sites for hydroxylation is 2. The third-order valence-electron chi connectivity index (χ3n) is 4.99. The monoisotopic (exact) mass is 389 g/mol. The van der Waals surface area contributed by atoms with Gasteiger partial charge in [0.15, 0.2) is 0 Å². The molecule has 1 atom stereocenters. The molecule has 0 saturated heterocycles. The van der Waals surface area contributed by atoms with Gasteiger partial charge in [0.25, 0.3) is 5.69 Å². The van der Waals surface area contributed by atoms with Gasteiger partial charge in [-0.05, 0) is 68.5 Å². The number of benzene rings is 2. The van der Waals surface area contributed by atoms with Gasteiger partial charge in [-0.25, -0.2) is 13.1 Å². The van der Waals surface area contributed by atoms with Gasteiger partial charge in [0, 0.05) is 12.1 Å². The van der Waals surface area contributed by atoms with Crippen LogP contribution >= 0.6 is 0 Å². The molecule has 0 radical (unpaired) electrons. The van der Waals surface area contributed by atoms with Crippen LogP contribution in [0.2, 0.25) is 0 Å². The lowest BCUT2D eigenvalue weighted by atomic mass is 9.89. The number of nitrogens with zero attached hydrogens (tertiary/aromatic N) is 1. The second kappa shape index (κ2) is 7.66. The molecule has 8 heteroatoms. The van der Waals surface area contributed by atoms with E-state index in [0.717, 1.165) is 24.5 Å². The second-order valence-corrected chi connectivity index (χ2v) is 8.63. The van der Waals surface area contributed by atoms with Crippen LogP contribution in [-0.2, 0) is 22.9 Å². The molecule has 0 unspecified atom stereocenters. The maximum atomic E-state index is 11.9. The molecule has 0 heterocycles. The summed E-state index contributed by atoms with van der Waals surface area (Å²) < 4.78 is 26.0. The Morgan fingerprint density at radius 3 is 2.44 bits per heavy atom. The Balaban J connectivity index is 1.89. The minimum absolute atomic E-state index is 0.135. The van der Waals surface area contributed by atoms with Gasteiger partial charge in [-0.2, -0.15) is 0 Å². The van der Waals surface area contributed by atoms with E-state index in [1.165, 1.54) is 43.1 Å². The maximum absolute atomic E-state index is 11.9. The molecular formula is C19H23N3O4S. The third kappa shape index (κ3) is 4.12. The number of rotatable bonds is 6. The molecule has 3 rings (SSSR count). The van der Waals surface area contributed by atoms with Crippen molar-refractivity contribution in [3.8, 4) is 0 Å². The first-order valence-electron chi connectivity index (χ1n) is 8.92. The summed E-state index contributed by atoms with van der Waals surface area (Å²) in [4.78, 5) is 10.7. The minimum atomic E-state index is -3.74. The van der Waals surface area contributed by atoms with Crippen LogP contribution in [0.1, 0.15) is 42.5 Å². The molecule has 0 spiro atoms. The minimum Gasteiger partial charge on any atom is -0.373 e. The first-order valence-corrected chi connectivity index (χ1v) is 10.4. The average Bonchev–Trinajstić information content (AvgIpc) is 2.67. The highest BCUT2D eigenvalue weighted by Gasteiger charge is 2.22. The summed E-state index contributed by atoms with van der Waals surface area (Å²) in [7, 11) is -2.47.